The normalized spacial score (nSPS) is 11.5. The number of sulfonamides is 1. The van der Waals surface area contributed by atoms with Crippen LogP contribution >= 0.6 is 0 Å². The first-order valence-corrected chi connectivity index (χ1v) is 11.2. The van der Waals surface area contributed by atoms with E-state index in [-0.39, 0.29) is 15.8 Å². The van der Waals surface area contributed by atoms with Crippen molar-refractivity contribution in [1.29, 1.82) is 0 Å². The van der Waals surface area contributed by atoms with Gasteiger partial charge in [-0.3, -0.25) is 14.3 Å². The molecule has 31 heavy (non-hydrogen) atoms. The van der Waals surface area contributed by atoms with Gasteiger partial charge in [-0.15, -0.1) is 0 Å². The highest BCUT2D eigenvalue weighted by Crippen LogP contribution is 2.21. The first kappa shape index (κ1) is 22.5. The summed E-state index contributed by atoms with van der Waals surface area (Å²) in [6.45, 7) is 4.60. The summed E-state index contributed by atoms with van der Waals surface area (Å²) in [5.41, 5.74) is 2.10. The number of carbonyl (C=O) groups is 1. The van der Waals surface area contributed by atoms with Crippen LogP contribution in [0.15, 0.2) is 52.3 Å². The van der Waals surface area contributed by atoms with E-state index in [0.717, 1.165) is 11.1 Å². The molecule has 0 aliphatic heterocycles. The van der Waals surface area contributed by atoms with Gasteiger partial charge >= 0.3 is 0 Å². The number of anilines is 1. The number of fused-ring (bicyclic) bond motifs is 1. The van der Waals surface area contributed by atoms with Gasteiger partial charge in [0.1, 0.15) is 5.56 Å². The molecule has 0 saturated carbocycles. The highest BCUT2D eigenvalue weighted by Gasteiger charge is 2.18. The van der Waals surface area contributed by atoms with Crippen LogP contribution in [0.4, 0.5) is 5.69 Å². The number of rotatable bonds is 8. The molecule has 0 saturated heterocycles. The molecule has 0 aliphatic rings. The smallest absolute Gasteiger partial charge is 0.261 e. The molecule has 3 rings (SSSR count). The maximum atomic E-state index is 12.9. The van der Waals surface area contributed by atoms with Crippen molar-refractivity contribution in [3.05, 3.63) is 69.5 Å². The van der Waals surface area contributed by atoms with Gasteiger partial charge in [0, 0.05) is 43.0 Å². The first-order chi connectivity index (χ1) is 14.7. The standard InChI is InChI=1S/C22H25N3O5S/c1-14-9-15(2)11-16(10-14)25-31(28,29)17-5-6-20-18(12-17)21(26)19(13-24-20)22(27)23-7-4-8-30-3/h5-6,9-13,25H,4,7-8H2,1-3H3,(H,23,27)(H,24,26). The van der Waals surface area contributed by atoms with Crippen molar-refractivity contribution in [3.63, 3.8) is 0 Å². The largest absolute Gasteiger partial charge is 0.385 e. The van der Waals surface area contributed by atoms with Gasteiger partial charge in [-0.05, 0) is 61.7 Å². The number of benzene rings is 2. The lowest BCUT2D eigenvalue weighted by atomic mass is 10.1. The SMILES string of the molecule is COCCCNC(=O)c1c[nH]c2ccc(S(=O)(=O)Nc3cc(C)cc(C)c3)cc2c1=O. The van der Waals surface area contributed by atoms with Crippen molar-refractivity contribution >= 4 is 32.5 Å². The zero-order chi connectivity index (χ0) is 22.6. The Labute approximate surface area is 180 Å². The monoisotopic (exact) mass is 443 g/mol. The lowest BCUT2D eigenvalue weighted by Gasteiger charge is -2.11. The molecule has 9 heteroatoms. The van der Waals surface area contributed by atoms with E-state index < -0.39 is 21.4 Å². The number of H-pyrrole nitrogens is 1. The molecule has 0 fully saturated rings. The molecule has 3 N–H and O–H groups in total. The summed E-state index contributed by atoms with van der Waals surface area (Å²) >= 11 is 0. The van der Waals surface area contributed by atoms with Crippen molar-refractivity contribution in [2.45, 2.75) is 25.2 Å². The molecule has 164 valence electrons. The number of ether oxygens (including phenoxy) is 1. The van der Waals surface area contributed by atoms with E-state index in [9.17, 15) is 18.0 Å². The second-order valence-corrected chi connectivity index (χ2v) is 9.01. The van der Waals surface area contributed by atoms with Crippen LogP contribution in [0.25, 0.3) is 10.9 Å². The van der Waals surface area contributed by atoms with Gasteiger partial charge < -0.3 is 15.0 Å². The number of aryl methyl sites for hydroxylation is 2. The predicted octanol–water partition coefficient (Wildman–Crippen LogP) is 2.71. The number of aromatic amines is 1. The highest BCUT2D eigenvalue weighted by atomic mass is 32.2. The quantitative estimate of drug-likeness (QED) is 0.463. The van der Waals surface area contributed by atoms with E-state index in [0.29, 0.717) is 30.8 Å². The maximum Gasteiger partial charge on any atom is 0.261 e. The Balaban J connectivity index is 1.92. The molecule has 0 spiro atoms. The minimum absolute atomic E-state index is 0.0673. The Morgan fingerprint density at radius 1 is 1.10 bits per heavy atom. The van der Waals surface area contributed by atoms with E-state index in [1.165, 1.54) is 24.4 Å². The van der Waals surface area contributed by atoms with Crippen molar-refractivity contribution in [3.8, 4) is 0 Å². The Morgan fingerprint density at radius 2 is 1.81 bits per heavy atom. The average Bonchev–Trinajstić information content (AvgIpc) is 2.70. The third kappa shape index (κ3) is 5.31. The highest BCUT2D eigenvalue weighted by molar-refractivity contribution is 7.92. The molecule has 8 nitrogen and oxygen atoms in total. The van der Waals surface area contributed by atoms with Gasteiger partial charge in [0.15, 0.2) is 0 Å². The van der Waals surface area contributed by atoms with Gasteiger partial charge in [-0.1, -0.05) is 6.07 Å². The van der Waals surface area contributed by atoms with E-state index in [1.54, 1.807) is 19.2 Å². The molecule has 1 aromatic heterocycles. The summed E-state index contributed by atoms with van der Waals surface area (Å²) in [6, 6.07) is 9.59. The molecular formula is C22H25N3O5S. The first-order valence-electron chi connectivity index (χ1n) is 9.75. The molecule has 3 aromatic rings. The summed E-state index contributed by atoms with van der Waals surface area (Å²) in [5.74, 6) is -0.527. The second-order valence-electron chi connectivity index (χ2n) is 7.32. The van der Waals surface area contributed by atoms with Crippen molar-refractivity contribution in [1.82, 2.24) is 10.3 Å². The second kappa shape index (κ2) is 9.32. The van der Waals surface area contributed by atoms with Gasteiger partial charge in [0.25, 0.3) is 15.9 Å². The topological polar surface area (TPSA) is 117 Å². The maximum absolute atomic E-state index is 12.9. The van der Waals surface area contributed by atoms with Crippen molar-refractivity contribution in [2.75, 3.05) is 25.0 Å². The van der Waals surface area contributed by atoms with Gasteiger partial charge in [-0.2, -0.15) is 0 Å². The third-order valence-electron chi connectivity index (χ3n) is 4.69. The van der Waals surface area contributed by atoms with E-state index in [1.807, 2.05) is 19.9 Å². The Morgan fingerprint density at radius 3 is 2.48 bits per heavy atom. The van der Waals surface area contributed by atoms with E-state index in [2.05, 4.69) is 15.0 Å². The molecule has 0 radical (unpaired) electrons. The predicted molar refractivity (Wildman–Crippen MR) is 120 cm³/mol. The van der Waals surface area contributed by atoms with Crippen LogP contribution in [0.3, 0.4) is 0 Å². The number of hydrogen-bond acceptors (Lipinski definition) is 5. The fourth-order valence-corrected chi connectivity index (χ4v) is 4.36. The molecule has 0 atom stereocenters. The van der Waals surface area contributed by atoms with Crippen LogP contribution in [0.1, 0.15) is 27.9 Å². The molecule has 1 heterocycles. The summed E-state index contributed by atoms with van der Waals surface area (Å²) in [5, 5.41) is 2.78. The summed E-state index contributed by atoms with van der Waals surface area (Å²) in [6.07, 6.45) is 1.94. The van der Waals surface area contributed by atoms with Gasteiger partial charge in [0.2, 0.25) is 5.43 Å². The fraction of sp³-hybridized carbons (Fsp3) is 0.273. The van der Waals surface area contributed by atoms with Crippen LogP contribution in [-0.4, -0.2) is 39.6 Å². The molecule has 2 aromatic carbocycles. The number of nitrogens with one attached hydrogen (secondary N) is 3. The summed E-state index contributed by atoms with van der Waals surface area (Å²) in [7, 11) is -2.36. The molecule has 0 unspecified atom stereocenters. The minimum Gasteiger partial charge on any atom is -0.385 e. The number of hydrogen-bond donors (Lipinski definition) is 3. The molecule has 0 aliphatic carbocycles. The number of methoxy groups -OCH3 is 1. The van der Waals surface area contributed by atoms with Gasteiger partial charge in [0.05, 0.1) is 4.90 Å². The Hall–Kier alpha value is -3.17. The van der Waals surface area contributed by atoms with Crippen LogP contribution < -0.4 is 15.5 Å². The Kier molecular flexibility index (Phi) is 6.77. The lowest BCUT2D eigenvalue weighted by Crippen LogP contribution is -2.30. The van der Waals surface area contributed by atoms with Crippen LogP contribution in [0.5, 0.6) is 0 Å². The fourth-order valence-electron chi connectivity index (χ4n) is 3.29. The Bertz CT molecular complexity index is 1260. The molecule has 0 bridgehead atoms. The number of carbonyl (C=O) groups excluding carboxylic acids is 1. The summed E-state index contributed by atoms with van der Waals surface area (Å²) < 4.78 is 33.2. The van der Waals surface area contributed by atoms with Gasteiger partial charge in [-0.25, -0.2) is 8.42 Å². The summed E-state index contributed by atoms with van der Waals surface area (Å²) in [4.78, 5) is 28.0. The van der Waals surface area contributed by atoms with E-state index in [4.69, 9.17) is 4.74 Å². The van der Waals surface area contributed by atoms with Crippen LogP contribution in [0.2, 0.25) is 0 Å². The zero-order valence-corrected chi connectivity index (χ0v) is 18.4. The number of pyridine rings is 1. The number of amides is 1. The zero-order valence-electron chi connectivity index (χ0n) is 17.6. The van der Waals surface area contributed by atoms with Crippen molar-refractivity contribution < 1.29 is 17.9 Å². The van der Waals surface area contributed by atoms with Crippen LogP contribution in [0, 0.1) is 13.8 Å². The number of aromatic nitrogens is 1. The van der Waals surface area contributed by atoms with Crippen LogP contribution in [-0.2, 0) is 14.8 Å². The van der Waals surface area contributed by atoms with Crippen molar-refractivity contribution in [2.24, 2.45) is 0 Å². The third-order valence-corrected chi connectivity index (χ3v) is 6.07. The molecular weight excluding hydrogens is 418 g/mol. The average molecular weight is 444 g/mol. The lowest BCUT2D eigenvalue weighted by molar-refractivity contribution is 0.0947. The molecule has 1 amide bonds. The van der Waals surface area contributed by atoms with E-state index >= 15 is 0 Å². The minimum atomic E-state index is -3.93.